The molecule has 3 heterocycles. The summed E-state index contributed by atoms with van der Waals surface area (Å²) in [5.74, 6) is 0.996. The SMILES string of the molecule is Nc1cc(-c2nc(-c3cn[nH]n3)no2)[nH]n1. The second-order valence-corrected chi connectivity index (χ2v) is 2.98. The van der Waals surface area contributed by atoms with Crippen LogP contribution in [0, 0.1) is 0 Å². The molecule has 0 saturated heterocycles. The molecule has 0 spiro atoms. The summed E-state index contributed by atoms with van der Waals surface area (Å²) < 4.78 is 5.02. The van der Waals surface area contributed by atoms with Crippen LogP contribution in [0.1, 0.15) is 0 Å². The van der Waals surface area contributed by atoms with E-state index in [-0.39, 0.29) is 0 Å². The van der Waals surface area contributed by atoms with E-state index in [1.54, 1.807) is 6.07 Å². The van der Waals surface area contributed by atoms with E-state index in [2.05, 4.69) is 35.7 Å². The molecular formula is C7H6N8O. The first-order chi connectivity index (χ1) is 7.83. The first-order valence-corrected chi connectivity index (χ1v) is 4.34. The monoisotopic (exact) mass is 218 g/mol. The first-order valence-electron chi connectivity index (χ1n) is 4.34. The van der Waals surface area contributed by atoms with Crippen molar-refractivity contribution in [2.24, 2.45) is 0 Å². The molecule has 0 aliphatic heterocycles. The predicted octanol–water partition coefficient (Wildman–Crippen LogP) is -0.173. The molecule has 0 aromatic carbocycles. The standard InChI is InChI=1S/C7H6N8O/c8-5-1-3(11-13-5)7-10-6(14-16-7)4-2-9-15-12-4/h1-2H,(H3,8,11,13)(H,9,12,15). The molecule has 0 amide bonds. The van der Waals surface area contributed by atoms with Gasteiger partial charge in [0, 0.05) is 6.07 Å². The Hall–Kier alpha value is -2.71. The number of nitrogen functional groups attached to an aromatic ring is 1. The lowest BCUT2D eigenvalue weighted by Gasteiger charge is -1.82. The topological polar surface area (TPSA) is 135 Å². The zero-order chi connectivity index (χ0) is 11.0. The average Bonchev–Trinajstić information content (AvgIpc) is 2.97. The number of aromatic nitrogens is 7. The Morgan fingerprint density at radius 3 is 2.94 bits per heavy atom. The fourth-order valence-electron chi connectivity index (χ4n) is 1.19. The summed E-state index contributed by atoms with van der Waals surface area (Å²) in [7, 11) is 0. The van der Waals surface area contributed by atoms with E-state index >= 15 is 0 Å². The fourth-order valence-corrected chi connectivity index (χ4v) is 1.19. The van der Waals surface area contributed by atoms with Crippen molar-refractivity contribution in [2.45, 2.75) is 0 Å². The maximum atomic E-state index is 5.46. The number of rotatable bonds is 2. The maximum Gasteiger partial charge on any atom is 0.276 e. The van der Waals surface area contributed by atoms with Crippen LogP contribution in [-0.2, 0) is 0 Å². The Kier molecular flexibility index (Phi) is 1.69. The molecule has 16 heavy (non-hydrogen) atoms. The van der Waals surface area contributed by atoms with Crippen LogP contribution in [0.25, 0.3) is 23.1 Å². The van der Waals surface area contributed by atoms with Gasteiger partial charge in [-0.1, -0.05) is 5.16 Å². The molecule has 3 aromatic rings. The van der Waals surface area contributed by atoms with Gasteiger partial charge in [0.05, 0.1) is 6.20 Å². The highest BCUT2D eigenvalue weighted by Gasteiger charge is 2.13. The Morgan fingerprint density at radius 2 is 2.25 bits per heavy atom. The molecule has 0 aliphatic carbocycles. The number of anilines is 1. The number of nitrogens with one attached hydrogen (secondary N) is 2. The highest BCUT2D eigenvalue weighted by Crippen LogP contribution is 2.19. The number of hydrogen-bond acceptors (Lipinski definition) is 7. The van der Waals surface area contributed by atoms with Gasteiger partial charge in [0.15, 0.2) is 5.69 Å². The minimum atomic E-state index is 0.294. The second-order valence-electron chi connectivity index (χ2n) is 2.98. The summed E-state index contributed by atoms with van der Waals surface area (Å²) in [6.45, 7) is 0. The van der Waals surface area contributed by atoms with Crippen molar-refractivity contribution in [3.8, 4) is 23.1 Å². The van der Waals surface area contributed by atoms with Crippen molar-refractivity contribution >= 4 is 5.82 Å². The van der Waals surface area contributed by atoms with Gasteiger partial charge in [-0.15, -0.1) is 0 Å². The highest BCUT2D eigenvalue weighted by molar-refractivity contribution is 5.55. The van der Waals surface area contributed by atoms with Crippen LogP contribution < -0.4 is 5.73 Å². The lowest BCUT2D eigenvalue weighted by molar-refractivity contribution is 0.430. The van der Waals surface area contributed by atoms with Gasteiger partial charge in [0.25, 0.3) is 5.89 Å². The third-order valence-electron chi connectivity index (χ3n) is 1.90. The van der Waals surface area contributed by atoms with Crippen LogP contribution in [0.3, 0.4) is 0 Å². The summed E-state index contributed by atoms with van der Waals surface area (Å²) >= 11 is 0. The van der Waals surface area contributed by atoms with Crippen LogP contribution in [0.4, 0.5) is 5.82 Å². The summed E-state index contributed by atoms with van der Waals surface area (Å²) in [5, 5.41) is 20.1. The van der Waals surface area contributed by atoms with Crippen LogP contribution >= 0.6 is 0 Å². The Morgan fingerprint density at radius 1 is 1.31 bits per heavy atom. The maximum absolute atomic E-state index is 5.46. The first kappa shape index (κ1) is 8.59. The van der Waals surface area contributed by atoms with Crippen molar-refractivity contribution in [2.75, 3.05) is 5.73 Å². The summed E-state index contributed by atoms with van der Waals surface area (Å²) in [6, 6.07) is 1.60. The zero-order valence-electron chi connectivity index (χ0n) is 7.88. The number of hydrogen-bond donors (Lipinski definition) is 3. The van der Waals surface area contributed by atoms with Gasteiger partial charge in [0.1, 0.15) is 11.5 Å². The molecule has 4 N–H and O–H groups in total. The fraction of sp³-hybridized carbons (Fsp3) is 0. The molecule has 0 atom stereocenters. The lowest BCUT2D eigenvalue weighted by Crippen LogP contribution is -1.81. The Labute approximate surface area is 88.1 Å². The molecule has 0 fully saturated rings. The molecule has 0 radical (unpaired) electrons. The molecule has 9 nitrogen and oxygen atoms in total. The molecular weight excluding hydrogens is 212 g/mol. The third-order valence-corrected chi connectivity index (χ3v) is 1.90. The third kappa shape index (κ3) is 1.30. The van der Waals surface area contributed by atoms with Crippen LogP contribution in [0.2, 0.25) is 0 Å². The highest BCUT2D eigenvalue weighted by atomic mass is 16.5. The summed E-state index contributed by atoms with van der Waals surface area (Å²) in [6.07, 6.45) is 1.50. The predicted molar refractivity (Wildman–Crippen MR) is 51.7 cm³/mol. The Balaban J connectivity index is 2.00. The summed E-state index contributed by atoms with van der Waals surface area (Å²) in [5.41, 5.74) is 6.52. The van der Waals surface area contributed by atoms with Crippen LogP contribution in [-0.4, -0.2) is 35.7 Å². The molecule has 3 aromatic heterocycles. The minimum Gasteiger partial charge on any atom is -0.382 e. The number of nitrogens with zero attached hydrogens (tertiary/aromatic N) is 5. The van der Waals surface area contributed by atoms with E-state index in [4.69, 9.17) is 10.3 Å². The van der Waals surface area contributed by atoms with Gasteiger partial charge >= 0.3 is 0 Å². The molecule has 3 rings (SSSR count). The van der Waals surface area contributed by atoms with Gasteiger partial charge < -0.3 is 10.3 Å². The van der Waals surface area contributed by atoms with Gasteiger partial charge in [-0.2, -0.15) is 25.5 Å². The molecule has 0 unspecified atom stereocenters. The van der Waals surface area contributed by atoms with Crippen molar-refractivity contribution in [1.29, 1.82) is 0 Å². The van der Waals surface area contributed by atoms with Gasteiger partial charge in [0.2, 0.25) is 5.82 Å². The van der Waals surface area contributed by atoms with E-state index in [0.717, 1.165) is 0 Å². The van der Waals surface area contributed by atoms with Crippen molar-refractivity contribution < 1.29 is 4.52 Å². The largest absolute Gasteiger partial charge is 0.382 e. The molecule has 0 aliphatic rings. The Bertz CT molecular complexity index is 593. The molecule has 80 valence electrons. The van der Waals surface area contributed by atoms with Crippen molar-refractivity contribution in [1.82, 2.24) is 35.7 Å². The van der Waals surface area contributed by atoms with Gasteiger partial charge in [-0.05, 0) is 0 Å². The van der Waals surface area contributed by atoms with Crippen molar-refractivity contribution in [3.63, 3.8) is 0 Å². The van der Waals surface area contributed by atoms with Gasteiger partial charge in [-0.25, -0.2) is 0 Å². The molecule has 0 saturated carbocycles. The lowest BCUT2D eigenvalue weighted by atomic mass is 10.4. The normalized spacial score (nSPS) is 10.8. The molecule has 9 heteroatoms. The average molecular weight is 218 g/mol. The van der Waals surface area contributed by atoms with E-state index in [9.17, 15) is 0 Å². The van der Waals surface area contributed by atoms with E-state index in [1.165, 1.54) is 6.20 Å². The van der Waals surface area contributed by atoms with Crippen molar-refractivity contribution in [3.05, 3.63) is 12.3 Å². The number of aromatic amines is 2. The van der Waals surface area contributed by atoms with E-state index < -0.39 is 0 Å². The minimum absolute atomic E-state index is 0.294. The van der Waals surface area contributed by atoms with E-state index in [1.807, 2.05) is 0 Å². The zero-order valence-corrected chi connectivity index (χ0v) is 7.88. The smallest absolute Gasteiger partial charge is 0.276 e. The van der Waals surface area contributed by atoms with E-state index in [0.29, 0.717) is 28.9 Å². The number of nitrogens with two attached hydrogens (primary N) is 1. The number of H-pyrrole nitrogens is 2. The molecule has 0 bridgehead atoms. The van der Waals surface area contributed by atoms with Gasteiger partial charge in [-0.3, -0.25) is 5.10 Å². The second kappa shape index (κ2) is 3.15. The quantitative estimate of drug-likeness (QED) is 0.543. The van der Waals surface area contributed by atoms with Crippen LogP contribution in [0.5, 0.6) is 0 Å². The summed E-state index contributed by atoms with van der Waals surface area (Å²) in [4.78, 5) is 4.11. The van der Waals surface area contributed by atoms with Crippen LogP contribution in [0.15, 0.2) is 16.8 Å².